The Bertz CT molecular complexity index is 512. The molecule has 4 nitrogen and oxygen atoms in total. The molecule has 0 fully saturated rings. The van der Waals surface area contributed by atoms with Crippen molar-refractivity contribution < 1.29 is 30.5 Å². The lowest BCUT2D eigenvalue weighted by Gasteiger charge is -2.12. The molecular formula is C8H6ClF3O4S. The first kappa shape index (κ1) is 13.9. The van der Waals surface area contributed by atoms with Gasteiger partial charge in [-0.2, -0.15) is 21.6 Å². The average molecular weight is 291 g/mol. The molecule has 0 unspecified atom stereocenters. The van der Waals surface area contributed by atoms with Gasteiger partial charge in [-0.25, -0.2) is 0 Å². The molecule has 1 rings (SSSR count). The summed E-state index contributed by atoms with van der Waals surface area (Å²) < 4.78 is 66.3. The van der Waals surface area contributed by atoms with E-state index in [1.807, 2.05) is 0 Å². The third-order valence-corrected chi connectivity index (χ3v) is 2.88. The van der Waals surface area contributed by atoms with Crippen molar-refractivity contribution >= 4 is 21.7 Å². The van der Waals surface area contributed by atoms with Gasteiger partial charge in [-0.05, 0) is 12.1 Å². The van der Waals surface area contributed by atoms with E-state index in [1.54, 1.807) is 0 Å². The minimum Gasteiger partial charge on any atom is -0.491 e. The lowest BCUT2D eigenvalue weighted by atomic mass is 10.3. The van der Waals surface area contributed by atoms with Gasteiger partial charge < -0.3 is 8.92 Å². The first-order valence-electron chi connectivity index (χ1n) is 4.02. The van der Waals surface area contributed by atoms with E-state index in [1.165, 1.54) is 12.1 Å². The van der Waals surface area contributed by atoms with Crippen molar-refractivity contribution in [3.8, 4) is 11.5 Å². The van der Waals surface area contributed by atoms with Gasteiger partial charge in [0.15, 0.2) is 11.5 Å². The van der Waals surface area contributed by atoms with E-state index >= 15 is 0 Å². The zero-order valence-corrected chi connectivity index (χ0v) is 9.86. The maximum absolute atomic E-state index is 12.1. The van der Waals surface area contributed by atoms with Crippen molar-refractivity contribution in [3.05, 3.63) is 23.2 Å². The van der Waals surface area contributed by atoms with Gasteiger partial charge >= 0.3 is 15.6 Å². The lowest BCUT2D eigenvalue weighted by Crippen LogP contribution is -2.28. The third kappa shape index (κ3) is 2.95. The van der Waals surface area contributed by atoms with Gasteiger partial charge in [-0.1, -0.05) is 17.7 Å². The number of hydrogen-bond acceptors (Lipinski definition) is 4. The van der Waals surface area contributed by atoms with Crippen LogP contribution in [0.5, 0.6) is 11.5 Å². The van der Waals surface area contributed by atoms with Crippen LogP contribution >= 0.6 is 11.6 Å². The number of alkyl halides is 3. The summed E-state index contributed by atoms with van der Waals surface area (Å²) in [6, 6.07) is 3.54. The van der Waals surface area contributed by atoms with Gasteiger partial charge in [0, 0.05) is 0 Å². The lowest BCUT2D eigenvalue weighted by molar-refractivity contribution is -0.0500. The molecular weight excluding hydrogens is 285 g/mol. The first-order valence-corrected chi connectivity index (χ1v) is 5.81. The third-order valence-electron chi connectivity index (χ3n) is 1.62. The summed E-state index contributed by atoms with van der Waals surface area (Å²) in [4.78, 5) is 0. The summed E-state index contributed by atoms with van der Waals surface area (Å²) in [6.07, 6.45) is 0. The molecule has 0 aliphatic heterocycles. The highest BCUT2D eigenvalue weighted by molar-refractivity contribution is 7.88. The molecule has 1 aromatic rings. The van der Waals surface area contributed by atoms with Crippen LogP contribution in [-0.4, -0.2) is 21.0 Å². The highest BCUT2D eigenvalue weighted by Gasteiger charge is 2.49. The van der Waals surface area contributed by atoms with Crippen molar-refractivity contribution in [2.75, 3.05) is 7.11 Å². The van der Waals surface area contributed by atoms with Crippen molar-refractivity contribution in [3.63, 3.8) is 0 Å². The van der Waals surface area contributed by atoms with Crippen LogP contribution < -0.4 is 8.92 Å². The minimum absolute atomic E-state index is 0.0672. The smallest absolute Gasteiger partial charge is 0.491 e. The highest BCUT2D eigenvalue weighted by atomic mass is 35.5. The monoisotopic (exact) mass is 290 g/mol. The predicted octanol–water partition coefficient (Wildman–Crippen LogP) is 2.58. The van der Waals surface area contributed by atoms with Crippen LogP contribution in [0.3, 0.4) is 0 Å². The molecule has 0 bridgehead atoms. The molecule has 0 atom stereocenters. The molecule has 0 aliphatic rings. The fourth-order valence-corrected chi connectivity index (χ4v) is 1.62. The van der Waals surface area contributed by atoms with E-state index in [0.717, 1.165) is 13.2 Å². The van der Waals surface area contributed by atoms with Crippen LogP contribution in [0.2, 0.25) is 5.02 Å². The number of ether oxygens (including phenoxy) is 1. The quantitative estimate of drug-likeness (QED) is 0.634. The number of rotatable bonds is 3. The molecule has 0 aromatic heterocycles. The average Bonchev–Trinajstić information content (AvgIpc) is 2.15. The zero-order valence-electron chi connectivity index (χ0n) is 8.29. The van der Waals surface area contributed by atoms with Gasteiger partial charge in [0.05, 0.1) is 12.1 Å². The number of methoxy groups -OCH3 is 1. The van der Waals surface area contributed by atoms with Gasteiger partial charge in [0.25, 0.3) is 0 Å². The molecule has 0 radical (unpaired) electrons. The summed E-state index contributed by atoms with van der Waals surface area (Å²) in [5.41, 5.74) is -5.51. The Labute approximate surface area is 100 Å². The summed E-state index contributed by atoms with van der Waals surface area (Å²) in [7, 11) is -4.62. The van der Waals surface area contributed by atoms with Crippen molar-refractivity contribution in [1.82, 2.24) is 0 Å². The molecule has 0 aliphatic carbocycles. The van der Waals surface area contributed by atoms with Crippen LogP contribution in [0.25, 0.3) is 0 Å². The molecule has 1 aromatic carbocycles. The summed E-state index contributed by atoms with van der Waals surface area (Å²) in [6.45, 7) is 0. The molecule has 9 heteroatoms. The summed E-state index contributed by atoms with van der Waals surface area (Å²) in [5.74, 6) is -0.917. The van der Waals surface area contributed by atoms with Gasteiger partial charge in [-0.3, -0.25) is 0 Å². The molecule has 0 amide bonds. The highest BCUT2D eigenvalue weighted by Crippen LogP contribution is 2.37. The second-order valence-electron chi connectivity index (χ2n) is 2.75. The molecule has 0 heterocycles. The zero-order chi connectivity index (χ0) is 13.3. The van der Waals surface area contributed by atoms with Crippen LogP contribution in [0.15, 0.2) is 18.2 Å². The maximum Gasteiger partial charge on any atom is 0.534 e. The Balaban J connectivity index is 3.17. The Kier molecular flexibility index (Phi) is 3.78. The van der Waals surface area contributed by atoms with Crippen LogP contribution in [0.1, 0.15) is 0 Å². The topological polar surface area (TPSA) is 52.6 Å². The molecule has 17 heavy (non-hydrogen) atoms. The summed E-state index contributed by atoms with van der Waals surface area (Å²) in [5, 5.41) is -0.0672. The molecule has 0 N–H and O–H groups in total. The second kappa shape index (κ2) is 4.61. The van der Waals surface area contributed by atoms with E-state index in [9.17, 15) is 21.6 Å². The number of hydrogen-bond donors (Lipinski definition) is 0. The van der Waals surface area contributed by atoms with Crippen molar-refractivity contribution in [2.45, 2.75) is 5.51 Å². The Morgan fingerprint density at radius 1 is 1.29 bits per heavy atom. The number of benzene rings is 1. The molecule has 0 spiro atoms. The Morgan fingerprint density at radius 3 is 2.35 bits per heavy atom. The number of halogens is 4. The number of para-hydroxylation sites is 1. The maximum atomic E-state index is 12.1. The van der Waals surface area contributed by atoms with Crippen molar-refractivity contribution in [1.29, 1.82) is 0 Å². The normalized spacial score (nSPS) is 12.3. The SMILES string of the molecule is COc1c(Cl)cccc1OS(=O)(=O)C(F)(F)F. The molecule has 0 saturated heterocycles. The van der Waals surface area contributed by atoms with E-state index in [2.05, 4.69) is 8.92 Å². The van der Waals surface area contributed by atoms with Gasteiger partial charge in [-0.15, -0.1) is 0 Å². The van der Waals surface area contributed by atoms with Gasteiger partial charge in [0.2, 0.25) is 0 Å². The Morgan fingerprint density at radius 2 is 1.88 bits per heavy atom. The van der Waals surface area contributed by atoms with E-state index in [0.29, 0.717) is 0 Å². The van der Waals surface area contributed by atoms with E-state index in [-0.39, 0.29) is 10.8 Å². The van der Waals surface area contributed by atoms with Crippen LogP contribution in [0.4, 0.5) is 13.2 Å². The fourth-order valence-electron chi connectivity index (χ4n) is 0.918. The Hall–Kier alpha value is -1.15. The second-order valence-corrected chi connectivity index (χ2v) is 4.70. The van der Waals surface area contributed by atoms with Gasteiger partial charge in [0.1, 0.15) is 0 Å². The largest absolute Gasteiger partial charge is 0.534 e. The van der Waals surface area contributed by atoms with E-state index < -0.39 is 21.4 Å². The molecule has 96 valence electrons. The van der Waals surface area contributed by atoms with E-state index in [4.69, 9.17) is 11.6 Å². The fraction of sp³-hybridized carbons (Fsp3) is 0.250. The van der Waals surface area contributed by atoms with Crippen molar-refractivity contribution in [2.24, 2.45) is 0 Å². The molecule has 0 saturated carbocycles. The standard InChI is InChI=1S/C8H6ClF3O4S/c1-15-7-5(9)3-2-4-6(7)16-17(13,14)8(10,11)12/h2-4H,1H3. The van der Waals surface area contributed by atoms with Crippen LogP contribution in [0, 0.1) is 0 Å². The first-order chi connectivity index (χ1) is 7.69. The predicted molar refractivity (Wildman–Crippen MR) is 53.6 cm³/mol. The van der Waals surface area contributed by atoms with Crippen LogP contribution in [-0.2, 0) is 10.1 Å². The minimum atomic E-state index is -5.74. The summed E-state index contributed by atoms with van der Waals surface area (Å²) >= 11 is 5.59.